The number of ether oxygens (including phenoxy) is 1. The summed E-state index contributed by atoms with van der Waals surface area (Å²) in [6.07, 6.45) is 4.14. The summed E-state index contributed by atoms with van der Waals surface area (Å²) in [6, 6.07) is 0. The average Bonchev–Trinajstić information content (AvgIpc) is 2.82. The van der Waals surface area contributed by atoms with Crippen LogP contribution in [0, 0.1) is 5.41 Å². The molecule has 0 amide bonds. The average molecular weight is 256 g/mol. The molecule has 1 atom stereocenters. The highest BCUT2D eigenvalue weighted by molar-refractivity contribution is 4.89. The second-order valence-electron chi connectivity index (χ2n) is 5.99. The molecule has 0 aromatic carbocycles. The number of aliphatic hydroxyl groups excluding tert-OH is 1. The van der Waals surface area contributed by atoms with Gasteiger partial charge in [-0.25, -0.2) is 0 Å². The lowest BCUT2D eigenvalue weighted by atomic mass is 9.85. The van der Waals surface area contributed by atoms with Gasteiger partial charge in [-0.15, -0.1) is 0 Å². The fourth-order valence-corrected chi connectivity index (χ4v) is 3.05. The number of hydrogen-bond donors (Lipinski definition) is 2. The molecule has 0 aliphatic carbocycles. The Balaban J connectivity index is 1.81. The van der Waals surface area contributed by atoms with E-state index in [1.165, 1.54) is 12.8 Å². The van der Waals surface area contributed by atoms with E-state index in [0.29, 0.717) is 5.41 Å². The van der Waals surface area contributed by atoms with E-state index in [2.05, 4.69) is 17.1 Å². The molecule has 0 radical (unpaired) electrons. The molecule has 18 heavy (non-hydrogen) atoms. The number of likely N-dealkylation sites (tertiary alicyclic amines) is 1. The SMILES string of the molecule is CCCNCC1(CN2CCC(O)CC2)CCOC1. The zero-order valence-corrected chi connectivity index (χ0v) is 11.7. The summed E-state index contributed by atoms with van der Waals surface area (Å²) >= 11 is 0. The maximum Gasteiger partial charge on any atom is 0.0564 e. The van der Waals surface area contributed by atoms with Crippen LogP contribution < -0.4 is 5.32 Å². The van der Waals surface area contributed by atoms with Gasteiger partial charge >= 0.3 is 0 Å². The highest BCUT2D eigenvalue weighted by Crippen LogP contribution is 2.30. The lowest BCUT2D eigenvalue weighted by molar-refractivity contribution is 0.0500. The van der Waals surface area contributed by atoms with E-state index in [9.17, 15) is 5.11 Å². The molecule has 2 N–H and O–H groups in total. The molecule has 4 heteroatoms. The summed E-state index contributed by atoms with van der Waals surface area (Å²) in [7, 11) is 0. The highest BCUT2D eigenvalue weighted by Gasteiger charge is 2.36. The molecule has 0 aromatic rings. The van der Waals surface area contributed by atoms with Crippen molar-refractivity contribution < 1.29 is 9.84 Å². The predicted molar refractivity (Wildman–Crippen MR) is 72.7 cm³/mol. The molecule has 106 valence electrons. The van der Waals surface area contributed by atoms with Crippen molar-refractivity contribution in [2.24, 2.45) is 5.41 Å². The Hall–Kier alpha value is -0.160. The smallest absolute Gasteiger partial charge is 0.0564 e. The second-order valence-corrected chi connectivity index (χ2v) is 5.99. The zero-order chi connectivity index (χ0) is 12.8. The third kappa shape index (κ3) is 3.92. The van der Waals surface area contributed by atoms with Crippen LogP contribution in [0.5, 0.6) is 0 Å². The minimum Gasteiger partial charge on any atom is -0.393 e. The lowest BCUT2D eigenvalue weighted by Gasteiger charge is -2.37. The Labute approximate surface area is 111 Å². The first-order valence-corrected chi connectivity index (χ1v) is 7.43. The van der Waals surface area contributed by atoms with Crippen molar-refractivity contribution in [3.63, 3.8) is 0 Å². The van der Waals surface area contributed by atoms with Crippen LogP contribution in [0.1, 0.15) is 32.6 Å². The Morgan fingerprint density at radius 2 is 2.17 bits per heavy atom. The van der Waals surface area contributed by atoms with E-state index < -0.39 is 0 Å². The minimum absolute atomic E-state index is 0.0738. The molecule has 2 saturated heterocycles. The molecule has 2 aliphatic rings. The fraction of sp³-hybridized carbons (Fsp3) is 1.00. The molecule has 0 saturated carbocycles. The molecule has 4 nitrogen and oxygen atoms in total. The number of hydrogen-bond acceptors (Lipinski definition) is 4. The highest BCUT2D eigenvalue weighted by atomic mass is 16.5. The third-order valence-corrected chi connectivity index (χ3v) is 4.23. The van der Waals surface area contributed by atoms with Crippen LogP contribution in [0.25, 0.3) is 0 Å². The molecule has 2 heterocycles. The number of nitrogens with one attached hydrogen (secondary N) is 1. The van der Waals surface area contributed by atoms with Crippen molar-refractivity contribution in [2.45, 2.75) is 38.7 Å². The van der Waals surface area contributed by atoms with Gasteiger partial charge in [-0.2, -0.15) is 0 Å². The molecule has 0 bridgehead atoms. The standard InChI is InChI=1S/C14H28N2O2/c1-2-6-15-10-14(5-9-18-12-14)11-16-7-3-13(17)4-8-16/h13,15,17H,2-12H2,1H3. The van der Waals surface area contributed by atoms with Crippen molar-refractivity contribution in [2.75, 3.05) is 45.9 Å². The quantitative estimate of drug-likeness (QED) is 0.692. The zero-order valence-electron chi connectivity index (χ0n) is 11.7. The Morgan fingerprint density at radius 1 is 1.39 bits per heavy atom. The van der Waals surface area contributed by atoms with Gasteiger partial charge in [0.05, 0.1) is 12.7 Å². The topological polar surface area (TPSA) is 44.7 Å². The van der Waals surface area contributed by atoms with Gasteiger partial charge in [0, 0.05) is 38.2 Å². The first kappa shape index (κ1) is 14.3. The summed E-state index contributed by atoms with van der Waals surface area (Å²) in [6.45, 7) is 9.37. The Kier molecular flexibility index (Phi) is 5.42. The predicted octanol–water partition coefficient (Wildman–Crippen LogP) is 0.849. The van der Waals surface area contributed by atoms with Crippen LogP contribution in [-0.4, -0.2) is 62.0 Å². The van der Waals surface area contributed by atoms with E-state index in [1.807, 2.05) is 0 Å². The summed E-state index contributed by atoms with van der Waals surface area (Å²) in [4.78, 5) is 2.51. The summed E-state index contributed by atoms with van der Waals surface area (Å²) in [5, 5.41) is 13.1. The lowest BCUT2D eigenvalue weighted by Crippen LogP contribution is -2.47. The molecule has 0 aromatic heterocycles. The van der Waals surface area contributed by atoms with Gasteiger partial charge in [0.25, 0.3) is 0 Å². The molecular formula is C14H28N2O2. The van der Waals surface area contributed by atoms with Gasteiger partial charge in [0.2, 0.25) is 0 Å². The summed E-state index contributed by atoms with van der Waals surface area (Å²) < 4.78 is 5.64. The summed E-state index contributed by atoms with van der Waals surface area (Å²) in [5.41, 5.74) is 0.303. The Morgan fingerprint density at radius 3 is 2.78 bits per heavy atom. The molecular weight excluding hydrogens is 228 g/mol. The van der Waals surface area contributed by atoms with Crippen LogP contribution in [0.15, 0.2) is 0 Å². The first-order valence-electron chi connectivity index (χ1n) is 7.43. The maximum atomic E-state index is 9.56. The van der Waals surface area contributed by atoms with Crippen molar-refractivity contribution in [1.29, 1.82) is 0 Å². The summed E-state index contributed by atoms with van der Waals surface area (Å²) in [5.74, 6) is 0. The van der Waals surface area contributed by atoms with Gasteiger partial charge in [-0.1, -0.05) is 6.92 Å². The van der Waals surface area contributed by atoms with Crippen LogP contribution in [0.4, 0.5) is 0 Å². The Bertz CT molecular complexity index is 234. The third-order valence-electron chi connectivity index (χ3n) is 4.23. The van der Waals surface area contributed by atoms with Crippen LogP contribution in [0.2, 0.25) is 0 Å². The molecule has 2 aliphatic heterocycles. The molecule has 0 spiro atoms. The van der Waals surface area contributed by atoms with Crippen molar-refractivity contribution >= 4 is 0 Å². The maximum absolute atomic E-state index is 9.56. The van der Waals surface area contributed by atoms with E-state index in [-0.39, 0.29) is 6.10 Å². The van der Waals surface area contributed by atoms with Gasteiger partial charge in [0.15, 0.2) is 0 Å². The normalized spacial score (nSPS) is 31.0. The van der Waals surface area contributed by atoms with Crippen LogP contribution in [-0.2, 0) is 4.74 Å². The van der Waals surface area contributed by atoms with Gasteiger partial charge in [-0.3, -0.25) is 0 Å². The number of piperidine rings is 1. The number of nitrogens with zero attached hydrogens (tertiary/aromatic N) is 1. The fourth-order valence-electron chi connectivity index (χ4n) is 3.05. The van der Waals surface area contributed by atoms with Crippen LogP contribution in [0.3, 0.4) is 0 Å². The first-order chi connectivity index (χ1) is 8.74. The minimum atomic E-state index is -0.0738. The van der Waals surface area contributed by atoms with E-state index in [1.54, 1.807) is 0 Å². The number of aliphatic hydroxyl groups is 1. The van der Waals surface area contributed by atoms with Crippen LogP contribution >= 0.6 is 0 Å². The second kappa shape index (κ2) is 6.85. The van der Waals surface area contributed by atoms with E-state index >= 15 is 0 Å². The monoisotopic (exact) mass is 256 g/mol. The largest absolute Gasteiger partial charge is 0.393 e. The molecule has 2 rings (SSSR count). The van der Waals surface area contributed by atoms with Gasteiger partial charge < -0.3 is 20.1 Å². The van der Waals surface area contributed by atoms with Crippen molar-refractivity contribution in [3.05, 3.63) is 0 Å². The van der Waals surface area contributed by atoms with Crippen molar-refractivity contribution in [3.8, 4) is 0 Å². The van der Waals surface area contributed by atoms with Crippen molar-refractivity contribution in [1.82, 2.24) is 10.2 Å². The number of rotatable bonds is 6. The molecule has 2 fully saturated rings. The van der Waals surface area contributed by atoms with Gasteiger partial charge in [0.1, 0.15) is 0 Å². The molecule has 1 unspecified atom stereocenters. The van der Waals surface area contributed by atoms with E-state index in [0.717, 1.165) is 58.8 Å². The van der Waals surface area contributed by atoms with Gasteiger partial charge in [-0.05, 0) is 32.2 Å². The van der Waals surface area contributed by atoms with E-state index in [4.69, 9.17) is 4.74 Å².